The number of aromatic nitrogens is 1. The number of hydrogen-bond donors (Lipinski definition) is 2. The number of fused-ring (bicyclic) bond motifs is 1. The highest BCUT2D eigenvalue weighted by molar-refractivity contribution is 7.91. The summed E-state index contributed by atoms with van der Waals surface area (Å²) in [4.78, 5) is 14.6. The fourth-order valence-corrected chi connectivity index (χ4v) is 4.03. The van der Waals surface area contributed by atoms with E-state index in [-0.39, 0.29) is 15.5 Å². The van der Waals surface area contributed by atoms with Crippen molar-refractivity contribution in [1.82, 2.24) is 4.98 Å². The number of rotatable bonds is 4. The molecule has 3 rings (SSSR count). The summed E-state index contributed by atoms with van der Waals surface area (Å²) in [5.41, 5.74) is 6.88. The molecule has 124 valence electrons. The van der Waals surface area contributed by atoms with Crippen LogP contribution in [0.3, 0.4) is 0 Å². The van der Waals surface area contributed by atoms with Gasteiger partial charge in [-0.25, -0.2) is 8.42 Å². The van der Waals surface area contributed by atoms with Crippen molar-refractivity contribution in [2.24, 2.45) is 5.73 Å². The number of methoxy groups -OCH3 is 1. The van der Waals surface area contributed by atoms with E-state index in [1.54, 1.807) is 18.2 Å². The molecule has 0 spiro atoms. The number of carbonyl (C=O) groups excluding carboxylic acids is 1. The van der Waals surface area contributed by atoms with Gasteiger partial charge in [-0.2, -0.15) is 0 Å². The molecule has 1 aromatic heterocycles. The number of nitrogens with one attached hydrogen (secondary N) is 1. The van der Waals surface area contributed by atoms with E-state index in [4.69, 9.17) is 10.5 Å². The summed E-state index contributed by atoms with van der Waals surface area (Å²) in [6.07, 6.45) is 0. The zero-order valence-corrected chi connectivity index (χ0v) is 14.0. The molecule has 0 fully saturated rings. The Labute approximate surface area is 139 Å². The molecule has 3 N–H and O–H groups in total. The smallest absolute Gasteiger partial charge is 0.265 e. The molecule has 0 aliphatic rings. The number of ether oxygens (including phenoxy) is 1. The third-order valence-electron chi connectivity index (χ3n) is 3.89. The fraction of sp³-hybridized carbons (Fsp3) is 0.118. The molecule has 24 heavy (non-hydrogen) atoms. The maximum atomic E-state index is 13.0. The molecule has 1 amide bonds. The third kappa shape index (κ3) is 2.52. The second-order valence-electron chi connectivity index (χ2n) is 5.40. The lowest BCUT2D eigenvalue weighted by molar-refractivity contribution is 0.0996. The van der Waals surface area contributed by atoms with E-state index in [0.717, 1.165) is 5.56 Å². The van der Waals surface area contributed by atoms with E-state index in [0.29, 0.717) is 16.7 Å². The SMILES string of the molecule is COc1ccc(S(=O)(=O)c2ccc(C)c3[nH]c(C(N)=O)cc23)cc1. The van der Waals surface area contributed by atoms with Gasteiger partial charge in [0.25, 0.3) is 5.91 Å². The van der Waals surface area contributed by atoms with Crippen molar-refractivity contribution < 1.29 is 17.9 Å². The van der Waals surface area contributed by atoms with Crippen molar-refractivity contribution in [3.8, 4) is 5.75 Å². The first-order valence-corrected chi connectivity index (χ1v) is 8.64. The standard InChI is InChI=1S/C17H16N2O4S/c1-10-3-8-15(13-9-14(17(18)20)19-16(10)13)24(21,22)12-6-4-11(23-2)5-7-12/h3-9,19H,1-2H3,(H2,18,20). The lowest BCUT2D eigenvalue weighted by Crippen LogP contribution is -2.10. The molecule has 6 nitrogen and oxygen atoms in total. The predicted molar refractivity (Wildman–Crippen MR) is 90.0 cm³/mol. The summed E-state index contributed by atoms with van der Waals surface area (Å²) in [7, 11) is -2.24. The van der Waals surface area contributed by atoms with Gasteiger partial charge in [0.2, 0.25) is 9.84 Å². The van der Waals surface area contributed by atoms with Crippen LogP contribution in [0.2, 0.25) is 0 Å². The summed E-state index contributed by atoms with van der Waals surface area (Å²) in [5.74, 6) is -0.0703. The number of primary amides is 1. The van der Waals surface area contributed by atoms with Gasteiger partial charge in [-0.3, -0.25) is 4.79 Å². The number of H-pyrrole nitrogens is 1. The largest absolute Gasteiger partial charge is 0.497 e. The summed E-state index contributed by atoms with van der Waals surface area (Å²) in [6, 6.07) is 10.9. The minimum atomic E-state index is -3.75. The zero-order valence-electron chi connectivity index (χ0n) is 13.2. The molecular weight excluding hydrogens is 328 g/mol. The summed E-state index contributed by atoms with van der Waals surface area (Å²) >= 11 is 0. The Kier molecular flexibility index (Phi) is 3.81. The Balaban J connectivity index is 2.23. The highest BCUT2D eigenvalue weighted by Crippen LogP contribution is 2.31. The van der Waals surface area contributed by atoms with Crippen LogP contribution < -0.4 is 10.5 Å². The van der Waals surface area contributed by atoms with Crippen molar-refractivity contribution >= 4 is 26.6 Å². The predicted octanol–water partition coefficient (Wildman–Crippen LogP) is 2.42. The topological polar surface area (TPSA) is 102 Å². The van der Waals surface area contributed by atoms with Gasteiger partial charge in [-0.05, 0) is 48.9 Å². The van der Waals surface area contributed by atoms with Crippen LogP contribution in [0.25, 0.3) is 10.9 Å². The number of aryl methyl sites for hydroxylation is 1. The minimum Gasteiger partial charge on any atom is -0.497 e. The molecule has 0 atom stereocenters. The molecule has 0 saturated heterocycles. The van der Waals surface area contributed by atoms with E-state index >= 15 is 0 Å². The maximum Gasteiger partial charge on any atom is 0.265 e. The lowest BCUT2D eigenvalue weighted by Gasteiger charge is -2.08. The summed E-state index contributed by atoms with van der Waals surface area (Å²) < 4.78 is 31.0. The van der Waals surface area contributed by atoms with Crippen LogP contribution in [0, 0.1) is 6.92 Å². The number of amides is 1. The first kappa shape index (κ1) is 16.1. The average Bonchev–Trinajstić information content (AvgIpc) is 3.01. The van der Waals surface area contributed by atoms with Crippen LogP contribution in [0.5, 0.6) is 5.75 Å². The van der Waals surface area contributed by atoms with E-state index in [2.05, 4.69) is 4.98 Å². The van der Waals surface area contributed by atoms with Gasteiger partial charge in [-0.15, -0.1) is 0 Å². The van der Waals surface area contributed by atoms with Crippen LogP contribution in [0.15, 0.2) is 52.3 Å². The van der Waals surface area contributed by atoms with E-state index in [1.165, 1.54) is 31.4 Å². The Hall–Kier alpha value is -2.80. The number of sulfone groups is 1. The van der Waals surface area contributed by atoms with Crippen molar-refractivity contribution in [1.29, 1.82) is 0 Å². The van der Waals surface area contributed by atoms with Crippen molar-refractivity contribution in [3.63, 3.8) is 0 Å². The van der Waals surface area contributed by atoms with E-state index in [1.807, 2.05) is 6.92 Å². The number of carbonyl (C=O) groups is 1. The Bertz CT molecular complexity index is 1030. The summed E-state index contributed by atoms with van der Waals surface area (Å²) in [6.45, 7) is 1.83. The molecule has 7 heteroatoms. The van der Waals surface area contributed by atoms with Gasteiger partial charge in [0.05, 0.1) is 22.4 Å². The maximum absolute atomic E-state index is 13.0. The highest BCUT2D eigenvalue weighted by Gasteiger charge is 2.22. The van der Waals surface area contributed by atoms with Gasteiger partial charge in [0.15, 0.2) is 0 Å². The molecule has 0 bridgehead atoms. The molecule has 1 heterocycles. The number of benzene rings is 2. The lowest BCUT2D eigenvalue weighted by atomic mass is 10.2. The van der Waals surface area contributed by atoms with Crippen LogP contribution in [-0.2, 0) is 9.84 Å². The molecule has 3 aromatic rings. The first-order valence-electron chi connectivity index (χ1n) is 7.16. The minimum absolute atomic E-state index is 0.122. The monoisotopic (exact) mass is 344 g/mol. The van der Waals surface area contributed by atoms with Gasteiger partial charge >= 0.3 is 0 Å². The molecule has 0 saturated carbocycles. The second-order valence-corrected chi connectivity index (χ2v) is 7.31. The summed E-state index contributed by atoms with van der Waals surface area (Å²) in [5, 5.41) is 0.444. The molecular formula is C17H16N2O4S. The van der Waals surface area contributed by atoms with E-state index in [9.17, 15) is 13.2 Å². The molecule has 0 aliphatic heterocycles. The van der Waals surface area contributed by atoms with Gasteiger partial charge in [-0.1, -0.05) is 6.07 Å². The third-order valence-corrected chi connectivity index (χ3v) is 5.71. The number of nitrogens with two attached hydrogens (primary N) is 1. The molecule has 0 aliphatic carbocycles. The fourth-order valence-electron chi connectivity index (χ4n) is 2.58. The van der Waals surface area contributed by atoms with Crippen molar-refractivity contribution in [2.75, 3.05) is 7.11 Å². The Morgan fingerprint density at radius 1 is 1.12 bits per heavy atom. The molecule has 0 unspecified atom stereocenters. The number of hydrogen-bond acceptors (Lipinski definition) is 4. The van der Waals surface area contributed by atoms with Gasteiger partial charge in [0.1, 0.15) is 11.4 Å². The van der Waals surface area contributed by atoms with Crippen LogP contribution >= 0.6 is 0 Å². The van der Waals surface area contributed by atoms with Crippen LogP contribution in [0.4, 0.5) is 0 Å². The van der Waals surface area contributed by atoms with E-state index < -0.39 is 15.7 Å². The van der Waals surface area contributed by atoms with Gasteiger partial charge in [0, 0.05) is 5.39 Å². The molecule has 2 aromatic carbocycles. The Morgan fingerprint density at radius 3 is 2.38 bits per heavy atom. The number of aromatic amines is 1. The normalized spacial score (nSPS) is 11.6. The first-order chi connectivity index (χ1) is 11.3. The Morgan fingerprint density at radius 2 is 1.79 bits per heavy atom. The van der Waals surface area contributed by atoms with Crippen LogP contribution in [0.1, 0.15) is 16.1 Å². The van der Waals surface area contributed by atoms with Crippen LogP contribution in [-0.4, -0.2) is 26.4 Å². The van der Waals surface area contributed by atoms with Crippen molar-refractivity contribution in [2.45, 2.75) is 16.7 Å². The average molecular weight is 344 g/mol. The zero-order chi connectivity index (χ0) is 17.5. The van der Waals surface area contributed by atoms with Gasteiger partial charge < -0.3 is 15.5 Å². The van der Waals surface area contributed by atoms with Crippen molar-refractivity contribution in [3.05, 3.63) is 53.7 Å². The molecule has 0 radical (unpaired) electrons. The highest BCUT2D eigenvalue weighted by atomic mass is 32.2. The second kappa shape index (κ2) is 5.68. The quantitative estimate of drug-likeness (QED) is 0.758.